The molecule has 0 bridgehead atoms. The van der Waals surface area contributed by atoms with E-state index >= 15 is 0 Å². The molecule has 1 aliphatic rings. The number of halogens is 1. The van der Waals surface area contributed by atoms with Gasteiger partial charge in [0.1, 0.15) is 11.6 Å². The number of hydrogen-bond acceptors (Lipinski definition) is 2. The number of carbonyl (C=O) groups is 1. The van der Waals surface area contributed by atoms with Crippen molar-refractivity contribution in [2.24, 2.45) is 5.92 Å². The van der Waals surface area contributed by atoms with E-state index in [2.05, 4.69) is 12.2 Å². The van der Waals surface area contributed by atoms with Gasteiger partial charge < -0.3 is 9.64 Å². The minimum atomic E-state index is -0.277. The van der Waals surface area contributed by atoms with Gasteiger partial charge in [0.05, 0.1) is 6.61 Å². The lowest BCUT2D eigenvalue weighted by Gasteiger charge is -2.22. The Kier molecular flexibility index (Phi) is 8.49. The molecule has 1 saturated carbocycles. The second-order valence-electron chi connectivity index (χ2n) is 7.89. The first-order valence-corrected chi connectivity index (χ1v) is 11.1. The quantitative estimate of drug-likeness (QED) is 0.452. The van der Waals surface area contributed by atoms with E-state index < -0.39 is 0 Å². The van der Waals surface area contributed by atoms with Crippen molar-refractivity contribution in [3.05, 3.63) is 71.6 Å². The van der Waals surface area contributed by atoms with Crippen molar-refractivity contribution in [2.75, 3.05) is 19.7 Å². The van der Waals surface area contributed by atoms with Crippen molar-refractivity contribution in [3.8, 4) is 5.75 Å². The lowest BCUT2D eigenvalue weighted by Crippen LogP contribution is -2.33. The van der Waals surface area contributed by atoms with Crippen LogP contribution in [-0.4, -0.2) is 30.5 Å². The summed E-state index contributed by atoms with van der Waals surface area (Å²) in [7, 11) is 0. The topological polar surface area (TPSA) is 29.5 Å². The molecular formula is C26H32FNO2. The van der Waals surface area contributed by atoms with E-state index in [9.17, 15) is 9.18 Å². The average molecular weight is 410 g/mol. The highest BCUT2D eigenvalue weighted by Crippen LogP contribution is 2.26. The fourth-order valence-electron chi connectivity index (χ4n) is 3.95. The van der Waals surface area contributed by atoms with Gasteiger partial charge in [-0.3, -0.25) is 4.79 Å². The summed E-state index contributed by atoms with van der Waals surface area (Å²) < 4.78 is 18.6. The maximum absolute atomic E-state index is 13.2. The van der Waals surface area contributed by atoms with Crippen molar-refractivity contribution in [3.63, 3.8) is 0 Å². The number of carbonyl (C=O) groups excluding carboxylic acids is 1. The van der Waals surface area contributed by atoms with Gasteiger partial charge >= 0.3 is 0 Å². The van der Waals surface area contributed by atoms with Crippen LogP contribution in [0.3, 0.4) is 0 Å². The molecule has 0 atom stereocenters. The highest BCUT2D eigenvalue weighted by molar-refractivity contribution is 5.97. The molecule has 4 heteroatoms. The predicted octanol–water partition coefficient (Wildman–Crippen LogP) is 6.35. The zero-order valence-electron chi connectivity index (χ0n) is 17.9. The van der Waals surface area contributed by atoms with Gasteiger partial charge in [-0.1, -0.05) is 49.6 Å². The summed E-state index contributed by atoms with van der Waals surface area (Å²) in [6.07, 6.45) is 11.6. The molecule has 0 aromatic heterocycles. The molecule has 0 aliphatic heterocycles. The maximum Gasteiger partial charge on any atom is 0.254 e. The number of nitrogens with zero attached hydrogens (tertiary/aromatic N) is 1. The standard InChI is InChI=1S/C26H32FNO2/c1-2-28(19-8-20-30-24-17-15-23(27)16-18-24)26(29)25-12-7-6-11-22(25)14-13-21-9-4-3-5-10-21/h6-7,11-18,21H,2-5,8-10,19-20H2,1H3. The van der Waals surface area contributed by atoms with Gasteiger partial charge in [-0.25, -0.2) is 4.39 Å². The molecule has 1 fully saturated rings. The number of benzene rings is 2. The Morgan fingerprint density at radius 2 is 1.83 bits per heavy atom. The van der Waals surface area contributed by atoms with E-state index in [1.54, 1.807) is 12.1 Å². The third-order valence-electron chi connectivity index (χ3n) is 5.71. The van der Waals surface area contributed by atoms with Gasteiger partial charge in [0.2, 0.25) is 0 Å². The van der Waals surface area contributed by atoms with Crippen molar-refractivity contribution >= 4 is 12.0 Å². The minimum absolute atomic E-state index is 0.0585. The SMILES string of the molecule is CCN(CCCOc1ccc(F)cc1)C(=O)c1ccccc1C=CC1CCCCC1. The molecule has 2 aromatic rings. The summed E-state index contributed by atoms with van der Waals surface area (Å²) in [6, 6.07) is 13.9. The van der Waals surface area contributed by atoms with Gasteiger partial charge in [0.15, 0.2) is 0 Å². The molecule has 0 spiro atoms. The molecule has 0 saturated heterocycles. The number of ether oxygens (including phenoxy) is 1. The van der Waals surface area contributed by atoms with Crippen LogP contribution in [0.1, 0.15) is 61.4 Å². The third-order valence-corrected chi connectivity index (χ3v) is 5.71. The first kappa shape index (κ1) is 22.1. The molecule has 0 N–H and O–H groups in total. The fourth-order valence-corrected chi connectivity index (χ4v) is 3.95. The maximum atomic E-state index is 13.2. The average Bonchev–Trinajstić information content (AvgIpc) is 2.79. The zero-order chi connectivity index (χ0) is 21.2. The highest BCUT2D eigenvalue weighted by atomic mass is 19.1. The summed E-state index contributed by atoms with van der Waals surface area (Å²) in [5, 5.41) is 0. The van der Waals surface area contributed by atoms with Gasteiger partial charge in [0.25, 0.3) is 5.91 Å². The van der Waals surface area contributed by atoms with Crippen LogP contribution in [0.2, 0.25) is 0 Å². The summed E-state index contributed by atoms with van der Waals surface area (Å²) in [6.45, 7) is 3.76. The molecule has 30 heavy (non-hydrogen) atoms. The second kappa shape index (κ2) is 11.5. The van der Waals surface area contributed by atoms with E-state index in [0.29, 0.717) is 31.4 Å². The largest absolute Gasteiger partial charge is 0.494 e. The van der Waals surface area contributed by atoms with Gasteiger partial charge in [-0.05, 0) is 68.0 Å². The monoisotopic (exact) mass is 409 g/mol. The predicted molar refractivity (Wildman–Crippen MR) is 120 cm³/mol. The van der Waals surface area contributed by atoms with Crippen molar-refractivity contribution in [1.29, 1.82) is 0 Å². The summed E-state index contributed by atoms with van der Waals surface area (Å²) >= 11 is 0. The van der Waals surface area contributed by atoms with Crippen LogP contribution in [-0.2, 0) is 0 Å². The normalized spacial score (nSPS) is 14.7. The summed E-state index contributed by atoms with van der Waals surface area (Å²) in [4.78, 5) is 15.0. The molecule has 3 nitrogen and oxygen atoms in total. The lowest BCUT2D eigenvalue weighted by atomic mass is 9.88. The Morgan fingerprint density at radius 1 is 1.10 bits per heavy atom. The molecular weight excluding hydrogens is 377 g/mol. The number of amides is 1. The van der Waals surface area contributed by atoms with Crippen molar-refractivity contribution < 1.29 is 13.9 Å². The third kappa shape index (κ3) is 6.45. The molecule has 2 aromatic carbocycles. The van der Waals surface area contributed by atoms with E-state index in [1.807, 2.05) is 36.1 Å². The molecule has 0 heterocycles. The van der Waals surface area contributed by atoms with E-state index in [0.717, 1.165) is 17.5 Å². The molecule has 160 valence electrons. The second-order valence-corrected chi connectivity index (χ2v) is 7.89. The van der Waals surface area contributed by atoms with E-state index in [1.165, 1.54) is 44.2 Å². The van der Waals surface area contributed by atoms with Crippen LogP contribution in [0.15, 0.2) is 54.6 Å². The fraction of sp³-hybridized carbons (Fsp3) is 0.423. The van der Waals surface area contributed by atoms with Crippen LogP contribution in [0, 0.1) is 11.7 Å². The van der Waals surface area contributed by atoms with Crippen LogP contribution in [0.5, 0.6) is 5.75 Å². The Hall–Kier alpha value is -2.62. The van der Waals surface area contributed by atoms with Crippen LogP contribution < -0.4 is 4.74 Å². The van der Waals surface area contributed by atoms with E-state index in [-0.39, 0.29) is 11.7 Å². The Morgan fingerprint density at radius 3 is 2.57 bits per heavy atom. The Labute approximate surface area is 179 Å². The lowest BCUT2D eigenvalue weighted by molar-refractivity contribution is 0.0756. The molecule has 0 unspecified atom stereocenters. The smallest absolute Gasteiger partial charge is 0.254 e. The van der Waals surface area contributed by atoms with Crippen LogP contribution in [0.25, 0.3) is 6.08 Å². The van der Waals surface area contributed by atoms with Crippen LogP contribution in [0.4, 0.5) is 4.39 Å². The summed E-state index contributed by atoms with van der Waals surface area (Å²) in [5.74, 6) is 1.06. The molecule has 3 rings (SSSR count). The van der Waals surface area contributed by atoms with E-state index in [4.69, 9.17) is 4.74 Å². The number of allylic oxidation sites excluding steroid dienone is 1. The Bertz CT molecular complexity index is 825. The summed E-state index contributed by atoms with van der Waals surface area (Å²) in [5.41, 5.74) is 1.75. The molecule has 1 aliphatic carbocycles. The number of rotatable bonds is 9. The van der Waals surface area contributed by atoms with Crippen molar-refractivity contribution in [2.45, 2.75) is 45.4 Å². The molecule has 1 amide bonds. The van der Waals surface area contributed by atoms with Gasteiger partial charge in [-0.2, -0.15) is 0 Å². The molecule has 0 radical (unpaired) electrons. The zero-order valence-corrected chi connectivity index (χ0v) is 17.9. The van der Waals surface area contributed by atoms with Crippen LogP contribution >= 0.6 is 0 Å². The minimum Gasteiger partial charge on any atom is -0.494 e. The first-order valence-electron chi connectivity index (χ1n) is 11.1. The number of hydrogen-bond donors (Lipinski definition) is 0. The van der Waals surface area contributed by atoms with Gasteiger partial charge in [0, 0.05) is 18.7 Å². The van der Waals surface area contributed by atoms with Crippen molar-refractivity contribution in [1.82, 2.24) is 4.90 Å². The Balaban J connectivity index is 1.56. The first-order chi connectivity index (χ1) is 14.7. The highest BCUT2D eigenvalue weighted by Gasteiger charge is 2.17. The van der Waals surface area contributed by atoms with Gasteiger partial charge in [-0.15, -0.1) is 0 Å².